The Morgan fingerprint density at radius 1 is 0.324 bits per heavy atom. The molecule has 13 aromatic rings. The van der Waals surface area contributed by atoms with Crippen molar-refractivity contribution in [3.63, 3.8) is 0 Å². The molecule has 33 heteroatoms. The SMILES string of the molecule is CC(C)(C)c1cc2c(cc1F)c(=O)c(C(=O)O)cn2C1CC1.CCn1cc(C(=O)O)c(=O)c2cc(F)c(C(C)(C)C)c(C)c21.Cc1c(C(C)(C)C)c(F)c(N)c2c(=O)c(C(=O)O)cn(C3CC3)c12.Cc1c(C(C)(C)C)c(F)cc2c(=O)c(C(=O)O)cn(-c3ccc(F)cc3F)c12.Cc1c(C(C)(C)C)c(F)cc2c(=O)c(C(=O)O)cn(C3CC3)c12.Cc1c(F)c(C(C)(C)C)cc2c1c(=O)c(C(=O)O)cn2C1CC1. The van der Waals surface area contributed by atoms with Crippen LogP contribution in [-0.2, 0) is 39.0 Å². The van der Waals surface area contributed by atoms with Gasteiger partial charge in [0.25, 0.3) is 0 Å². The molecule has 0 unspecified atom stereocenters. The van der Waals surface area contributed by atoms with Gasteiger partial charge in [-0.3, -0.25) is 28.8 Å². The van der Waals surface area contributed by atoms with Gasteiger partial charge in [0.1, 0.15) is 74.1 Å². The molecule has 4 aliphatic carbocycles. The molecule has 0 radical (unpaired) electrons. The van der Waals surface area contributed by atoms with Crippen LogP contribution in [0.2, 0.25) is 0 Å². The van der Waals surface area contributed by atoms with Crippen molar-refractivity contribution >= 4 is 107 Å². The van der Waals surface area contributed by atoms with Crippen molar-refractivity contribution < 1.29 is 94.5 Å². The second-order valence-corrected chi connectivity index (χ2v) is 43.2. The van der Waals surface area contributed by atoms with Crippen LogP contribution in [0.1, 0.15) is 330 Å². The van der Waals surface area contributed by atoms with Crippen LogP contribution in [0.5, 0.6) is 0 Å². The molecule has 25 nitrogen and oxygen atoms in total. The van der Waals surface area contributed by atoms with Crippen LogP contribution in [0.25, 0.3) is 71.1 Å². The molecule has 0 aliphatic heterocycles. The number of aromatic nitrogens is 6. The Morgan fingerprint density at radius 2 is 0.641 bits per heavy atom. The summed E-state index contributed by atoms with van der Waals surface area (Å²) < 4.78 is 126. The minimum atomic E-state index is -1.53. The molecule has 0 atom stereocenters. The number of carbonyl (C=O) groups is 6. The van der Waals surface area contributed by atoms with E-state index in [1.54, 1.807) is 69.7 Å². The molecule has 752 valence electrons. The highest BCUT2D eigenvalue weighted by atomic mass is 19.2. The lowest BCUT2D eigenvalue weighted by atomic mass is 9.82. The summed E-state index contributed by atoms with van der Waals surface area (Å²) in [6.45, 7) is 44.8. The van der Waals surface area contributed by atoms with E-state index in [4.69, 9.17) is 10.8 Å². The van der Waals surface area contributed by atoms with E-state index in [1.165, 1.54) is 53.8 Å². The van der Waals surface area contributed by atoms with Crippen molar-refractivity contribution in [2.45, 2.75) is 281 Å². The number of nitrogens with zero attached hydrogens (tertiary/aromatic N) is 6. The Bertz CT molecular complexity index is 7960. The molecule has 4 fully saturated rings. The molecule has 7 aromatic carbocycles. The Morgan fingerprint density at radius 3 is 1.03 bits per heavy atom. The van der Waals surface area contributed by atoms with Crippen LogP contribution < -0.4 is 38.3 Å². The van der Waals surface area contributed by atoms with Gasteiger partial charge in [0, 0.05) is 95.7 Å². The van der Waals surface area contributed by atoms with Crippen molar-refractivity contribution in [1.82, 2.24) is 27.4 Å². The van der Waals surface area contributed by atoms with Gasteiger partial charge in [0.15, 0.2) is 5.82 Å². The molecule has 4 aliphatic rings. The second kappa shape index (κ2) is 38.4. The van der Waals surface area contributed by atoms with Crippen LogP contribution in [-0.4, -0.2) is 93.9 Å². The predicted molar refractivity (Wildman–Crippen MR) is 531 cm³/mol. The Labute approximate surface area is 811 Å². The summed E-state index contributed by atoms with van der Waals surface area (Å²) in [4.78, 5) is 143. The predicted octanol–water partition coefficient (Wildman–Crippen LogP) is 22.6. The molecule has 4 saturated carbocycles. The first-order valence-electron chi connectivity index (χ1n) is 46.5. The molecule has 8 N–H and O–H groups in total. The summed E-state index contributed by atoms with van der Waals surface area (Å²) in [5.41, 5.74) is 5.31. The number of halogens is 8. The maximum absolute atomic E-state index is 14.9. The number of nitrogens with two attached hydrogens (primary N) is 1. The van der Waals surface area contributed by atoms with Gasteiger partial charge in [-0.2, -0.15) is 0 Å². The van der Waals surface area contributed by atoms with E-state index in [0.717, 1.165) is 75.8 Å². The van der Waals surface area contributed by atoms with E-state index in [-0.39, 0.29) is 107 Å². The fourth-order valence-electron chi connectivity index (χ4n) is 19.3. The molecule has 0 saturated heterocycles. The number of carboxylic acids is 6. The number of carboxylic acid groups (broad SMARTS) is 6. The maximum Gasteiger partial charge on any atom is 0.341 e. The lowest BCUT2D eigenvalue weighted by Crippen LogP contribution is -2.24. The molecule has 6 aromatic heterocycles. The average Bonchev–Trinajstić information content (AvgIpc) is 1.35. The number of pyridine rings is 6. The lowest BCUT2D eigenvalue weighted by Gasteiger charge is -2.26. The van der Waals surface area contributed by atoms with Gasteiger partial charge in [0.2, 0.25) is 32.6 Å². The highest BCUT2D eigenvalue weighted by Crippen LogP contribution is 2.47. The third-order valence-corrected chi connectivity index (χ3v) is 26.1. The van der Waals surface area contributed by atoms with Crippen LogP contribution in [0, 0.1) is 81.2 Å². The van der Waals surface area contributed by atoms with Gasteiger partial charge in [-0.1, -0.05) is 125 Å². The summed E-state index contributed by atoms with van der Waals surface area (Å²) in [6, 6.07) is 11.5. The Kier molecular flexibility index (Phi) is 28.8. The number of anilines is 1. The van der Waals surface area contributed by atoms with E-state index >= 15 is 0 Å². The van der Waals surface area contributed by atoms with Crippen LogP contribution in [0.15, 0.2) is 121 Å². The van der Waals surface area contributed by atoms with Gasteiger partial charge in [-0.05, 0) is 230 Å². The number of benzene rings is 7. The van der Waals surface area contributed by atoms with E-state index in [0.29, 0.717) is 95.8 Å². The number of hydrogen-bond donors (Lipinski definition) is 7. The van der Waals surface area contributed by atoms with Crippen LogP contribution in [0.4, 0.5) is 40.8 Å². The molecular formula is C109H117F8N7O18. The number of aromatic carboxylic acids is 6. The van der Waals surface area contributed by atoms with E-state index in [2.05, 4.69) is 0 Å². The molecule has 0 bridgehead atoms. The standard InChI is InChI=1S/C21H18F3NO3.C18H21FN2O3.2C18H20FNO3.C17H18FNO3.C17H20FNO3/c1-10-17(21(2,3)4)15(24)8-12-18(10)25(9-13(19(12)26)20(27)28)16-6-5-11(22)7-14(16)23;1-8-12(18(2,3)4)13(19)14(20)11-15(8)21(9-5-6-9)7-10(16(11)22)17(23)24;1-9-14-13(7-12(15(9)19)18(2,3)4)20(10-5-6-10)8-11(16(14)21)17(22)23;1-9-14(18(2,3)4)13(19)7-11-15(9)20(10-5-6-10)8-12(16(11)21)17(22)23;1-17(2,3)12-7-14-10(6-13(12)18)15(20)11(16(21)22)8-19(14)9-4-5-9;1-6-19-8-11(16(21)22)15(20)10-7-12(18)13(17(3,4)5)9(2)14(10)19/h5-9H,1-4H3,(H,27,28);7,9H,5-6,20H2,1-4H3,(H,23,24);2*7-8,10H,5-6H2,1-4H3,(H,22,23);6-9H,4-5H2,1-3H3,(H,21,22);7-8H,6H2,1-5H3,(H,21,22). The number of aryl methyl sites for hydroxylation is 6. The third-order valence-electron chi connectivity index (χ3n) is 26.1. The topological polar surface area (TPSA) is 382 Å². The fourth-order valence-corrected chi connectivity index (χ4v) is 19.3. The van der Waals surface area contributed by atoms with E-state index in [1.807, 2.05) is 131 Å². The zero-order chi connectivity index (χ0) is 106. The number of fused-ring (bicyclic) bond motifs is 6. The normalized spacial score (nSPS) is 14.0. The Hall–Kier alpha value is -14.1. The summed E-state index contributed by atoms with van der Waals surface area (Å²) in [7, 11) is 0. The largest absolute Gasteiger partial charge is 0.477 e. The quantitative estimate of drug-likeness (QED) is 0.0441. The highest BCUT2D eigenvalue weighted by molar-refractivity contribution is 6.01. The number of nitrogen functional groups attached to an aromatic ring is 1. The van der Waals surface area contributed by atoms with Gasteiger partial charge in [0.05, 0.1) is 60.6 Å². The highest BCUT2D eigenvalue weighted by Gasteiger charge is 2.39. The van der Waals surface area contributed by atoms with E-state index < -0.39 is 153 Å². The first-order chi connectivity index (χ1) is 65.5. The smallest absolute Gasteiger partial charge is 0.341 e. The Balaban J connectivity index is 0.000000152. The zero-order valence-electron chi connectivity index (χ0n) is 83.7. The lowest BCUT2D eigenvalue weighted by molar-refractivity contribution is 0.0684. The van der Waals surface area contributed by atoms with Crippen molar-refractivity contribution in [3.8, 4) is 5.69 Å². The monoisotopic (exact) mass is 1960 g/mol. The van der Waals surface area contributed by atoms with Crippen molar-refractivity contribution in [1.29, 1.82) is 0 Å². The first-order valence-corrected chi connectivity index (χ1v) is 46.5. The van der Waals surface area contributed by atoms with Crippen molar-refractivity contribution in [2.75, 3.05) is 5.73 Å². The molecular weight excluding hydrogens is 1850 g/mol. The van der Waals surface area contributed by atoms with Crippen LogP contribution >= 0.6 is 0 Å². The second-order valence-electron chi connectivity index (χ2n) is 43.2. The summed E-state index contributed by atoms with van der Waals surface area (Å²) >= 11 is 0. The molecule has 6 heterocycles. The average molecular weight is 1970 g/mol. The summed E-state index contributed by atoms with van der Waals surface area (Å²) in [5.74, 6) is -12.8. The molecule has 17 rings (SSSR count). The van der Waals surface area contributed by atoms with Gasteiger partial charge in [-0.15, -0.1) is 0 Å². The van der Waals surface area contributed by atoms with Gasteiger partial charge in [-0.25, -0.2) is 63.9 Å². The van der Waals surface area contributed by atoms with Crippen molar-refractivity contribution in [2.24, 2.45) is 0 Å². The minimum Gasteiger partial charge on any atom is -0.477 e. The maximum atomic E-state index is 14.9. The van der Waals surface area contributed by atoms with Crippen LogP contribution in [0.3, 0.4) is 0 Å². The number of rotatable bonds is 12. The van der Waals surface area contributed by atoms with Crippen molar-refractivity contribution in [3.05, 3.63) is 294 Å². The summed E-state index contributed by atoms with van der Waals surface area (Å²) in [6.07, 6.45) is 15.4. The fraction of sp³-hybridized carbons (Fsp3) is 0.394. The van der Waals surface area contributed by atoms with E-state index in [9.17, 15) is 118 Å². The van der Waals surface area contributed by atoms with Gasteiger partial charge >= 0.3 is 35.8 Å². The third kappa shape index (κ3) is 20.6. The molecule has 0 amide bonds. The first kappa shape index (κ1) is 107. The molecule has 0 spiro atoms. The van der Waals surface area contributed by atoms with Gasteiger partial charge < -0.3 is 63.8 Å². The zero-order valence-corrected chi connectivity index (χ0v) is 83.7. The number of hydrogen-bond acceptors (Lipinski definition) is 13. The minimum absolute atomic E-state index is 0.0233. The molecule has 142 heavy (non-hydrogen) atoms. The summed E-state index contributed by atoms with van der Waals surface area (Å²) in [5, 5.41) is 56.0.